The predicted octanol–water partition coefficient (Wildman–Crippen LogP) is 32.3. The number of rotatable bonds is 19. The molecule has 0 aliphatic heterocycles. The molecule has 130 heavy (non-hydrogen) atoms. The fourth-order valence-electron chi connectivity index (χ4n) is 17.5. The Morgan fingerprint density at radius 1 is 0.208 bits per heavy atom. The minimum Gasteiger partial charge on any atom is -0.345 e. The lowest BCUT2D eigenvalue weighted by atomic mass is 10.0. The molecule has 0 amide bonds. The molecule has 0 N–H and O–H groups in total. The molecular formula is C119H87N9O2. The van der Waals surface area contributed by atoms with Crippen LogP contribution in [-0.2, 0) is 0 Å². The van der Waals surface area contributed by atoms with Crippen LogP contribution >= 0.6 is 0 Å². The fourth-order valence-corrected chi connectivity index (χ4v) is 17.5. The van der Waals surface area contributed by atoms with Gasteiger partial charge in [-0.3, -0.25) is 10.1 Å². The highest BCUT2D eigenvalue weighted by atomic mass is 16.6. The number of hydrogen-bond donors (Lipinski definition) is 0. The first-order valence-electron chi connectivity index (χ1n) is 43.3. The third-order valence-corrected chi connectivity index (χ3v) is 24.4. The molecule has 0 saturated heterocycles. The molecule has 21 aromatic carbocycles. The lowest BCUT2D eigenvalue weighted by Crippen LogP contribution is -2.11. The van der Waals surface area contributed by atoms with E-state index in [-0.39, 0.29) is 10.6 Å². The number of nitro groups is 1. The van der Waals surface area contributed by atoms with Gasteiger partial charge in [-0.15, -0.1) is 0 Å². The second-order valence-corrected chi connectivity index (χ2v) is 32.1. The summed E-state index contributed by atoms with van der Waals surface area (Å²) in [5, 5.41) is 44.1. The summed E-state index contributed by atoms with van der Waals surface area (Å²) >= 11 is 0. The number of nitrogens with zero attached hydrogens (tertiary/aromatic N) is 9. The number of anilines is 15. The molecule has 0 unspecified atom stereocenters. The van der Waals surface area contributed by atoms with Crippen LogP contribution in [0.15, 0.2) is 473 Å². The van der Waals surface area contributed by atoms with E-state index in [0.29, 0.717) is 11.1 Å². The Morgan fingerprint density at radius 2 is 0.415 bits per heavy atom. The second-order valence-electron chi connectivity index (χ2n) is 32.1. The van der Waals surface area contributed by atoms with Gasteiger partial charge in [-0.05, 0) is 223 Å². The zero-order chi connectivity index (χ0) is 88.4. The van der Waals surface area contributed by atoms with Crippen molar-refractivity contribution in [3.8, 4) is 45.5 Å². The van der Waals surface area contributed by atoms with Crippen molar-refractivity contribution >= 4 is 156 Å². The number of hydrogen-bond acceptors (Lipinski definition) is 10. The third-order valence-electron chi connectivity index (χ3n) is 24.4. The molecular weight excluding hydrogens is 1590 g/mol. The van der Waals surface area contributed by atoms with E-state index in [0.717, 1.165) is 119 Å². The zero-order valence-corrected chi connectivity index (χ0v) is 71.9. The molecule has 0 radical (unpaired) electrons. The molecule has 0 aliphatic carbocycles. The molecule has 0 aliphatic rings. The molecule has 0 saturated carbocycles. The minimum absolute atomic E-state index is 0.0760. The van der Waals surface area contributed by atoms with E-state index >= 15 is 0 Å². The van der Waals surface area contributed by atoms with Crippen molar-refractivity contribution in [3.63, 3.8) is 0 Å². The highest BCUT2D eigenvalue weighted by Crippen LogP contribution is 2.48. The molecule has 21 rings (SSSR count). The molecule has 11 nitrogen and oxygen atoms in total. The van der Waals surface area contributed by atoms with Crippen LogP contribution in [0.3, 0.4) is 0 Å². The lowest BCUT2D eigenvalue weighted by Gasteiger charge is -2.28. The first-order valence-corrected chi connectivity index (χ1v) is 43.3. The molecule has 0 atom stereocenters. The summed E-state index contributed by atoms with van der Waals surface area (Å²) < 4.78 is 0. The van der Waals surface area contributed by atoms with E-state index in [4.69, 9.17) is 5.26 Å². The maximum atomic E-state index is 11.2. The van der Waals surface area contributed by atoms with Gasteiger partial charge in [0.2, 0.25) is 0 Å². The van der Waals surface area contributed by atoms with E-state index in [2.05, 4.69) is 425 Å². The number of benzene rings is 21. The van der Waals surface area contributed by atoms with Crippen LogP contribution < -0.4 is 29.4 Å². The Balaban J connectivity index is 0.000000126. The summed E-state index contributed by atoms with van der Waals surface area (Å²) in [5.41, 5.74) is 24.2. The topological polar surface area (TPSA) is 110 Å². The van der Waals surface area contributed by atoms with E-state index in [9.17, 15) is 15.4 Å². The lowest BCUT2D eigenvalue weighted by molar-refractivity contribution is -0.384. The van der Waals surface area contributed by atoms with Crippen LogP contribution in [0.5, 0.6) is 0 Å². The van der Waals surface area contributed by atoms with Crippen molar-refractivity contribution in [3.05, 3.63) is 494 Å². The van der Waals surface area contributed by atoms with Gasteiger partial charge in [0.25, 0.3) is 5.69 Å². The molecule has 0 fully saturated rings. The molecule has 0 bridgehead atoms. The predicted molar refractivity (Wildman–Crippen MR) is 544 cm³/mol. The highest BCUT2D eigenvalue weighted by Gasteiger charge is 2.23. The monoisotopic (exact) mass is 1670 g/mol. The van der Waals surface area contributed by atoms with E-state index in [1.807, 2.05) is 92.8 Å². The number of nitro benzene ring substituents is 1. The maximum absolute atomic E-state index is 11.2. The van der Waals surface area contributed by atoms with Gasteiger partial charge in [0.15, 0.2) is 0 Å². The van der Waals surface area contributed by atoms with E-state index in [1.54, 1.807) is 12.1 Å². The second kappa shape index (κ2) is 37.0. The van der Waals surface area contributed by atoms with Crippen LogP contribution in [-0.4, -0.2) is 26.1 Å². The SMILES string of the molecule is CN(c1ccc(-c2ccc(N(c3cccc4ccccc34)c3cccc4ccccc34)cc2)cc1)c1cccc(C#N)c1.CN(c1ccc(-c2ccc(N(c3cccc4ccccc34)c3cccc4ccccc34)cc2)cc1)c1cccc([N+](=O)[O-])c1.CN(c1ccc(C#N)cc1)c1ccc(-c2ccc(N(c3cccc4ccccc34)c3cccc4ccccc34)cc2)cc1. The molecule has 11 heteroatoms. The summed E-state index contributed by atoms with van der Waals surface area (Å²) in [6, 6.07) is 169. The van der Waals surface area contributed by atoms with Crippen molar-refractivity contribution in [1.82, 2.24) is 0 Å². The van der Waals surface area contributed by atoms with Gasteiger partial charge >= 0.3 is 0 Å². The molecule has 0 heterocycles. The largest absolute Gasteiger partial charge is 0.345 e. The number of fused-ring (bicyclic) bond motifs is 6. The minimum atomic E-state index is -0.369. The maximum Gasteiger partial charge on any atom is 0.271 e. The Labute approximate surface area is 756 Å². The van der Waals surface area contributed by atoms with Gasteiger partial charge in [-0.2, -0.15) is 10.5 Å². The fraction of sp³-hybridized carbons (Fsp3) is 0.0252. The summed E-state index contributed by atoms with van der Waals surface area (Å²) in [7, 11) is 5.98. The van der Waals surface area contributed by atoms with Crippen LogP contribution in [0.4, 0.5) is 91.0 Å². The van der Waals surface area contributed by atoms with Crippen molar-refractivity contribution in [2.24, 2.45) is 0 Å². The van der Waals surface area contributed by atoms with Gasteiger partial charge < -0.3 is 29.4 Å². The summed E-state index contributed by atoms with van der Waals surface area (Å²) in [6.07, 6.45) is 0. The Morgan fingerprint density at radius 3 is 0.669 bits per heavy atom. The average molecular weight is 1680 g/mol. The Kier molecular flexibility index (Phi) is 23.4. The molecule has 21 aromatic rings. The highest BCUT2D eigenvalue weighted by molar-refractivity contribution is 6.08. The third kappa shape index (κ3) is 17.0. The van der Waals surface area contributed by atoms with Crippen molar-refractivity contribution in [2.75, 3.05) is 50.5 Å². The van der Waals surface area contributed by atoms with Crippen LogP contribution in [0.1, 0.15) is 11.1 Å². The molecule has 620 valence electrons. The Bertz CT molecular complexity index is 7520. The van der Waals surface area contributed by atoms with Gasteiger partial charge in [0, 0.05) is 117 Å². The van der Waals surface area contributed by atoms with Crippen LogP contribution in [0.25, 0.3) is 98.0 Å². The first-order chi connectivity index (χ1) is 63.9. The smallest absolute Gasteiger partial charge is 0.271 e. The van der Waals surface area contributed by atoms with Crippen molar-refractivity contribution in [1.29, 1.82) is 10.5 Å². The molecule has 0 spiro atoms. The van der Waals surface area contributed by atoms with Gasteiger partial charge in [0.05, 0.1) is 62.3 Å². The van der Waals surface area contributed by atoms with Gasteiger partial charge in [-0.1, -0.05) is 303 Å². The van der Waals surface area contributed by atoms with E-state index < -0.39 is 0 Å². The first kappa shape index (κ1) is 82.0. The quantitative estimate of drug-likeness (QED) is 0.0573. The average Bonchev–Trinajstić information content (AvgIpc) is 0.767. The summed E-state index contributed by atoms with van der Waals surface area (Å²) in [4.78, 5) is 24.2. The normalized spacial score (nSPS) is 10.9. The van der Waals surface area contributed by atoms with Gasteiger partial charge in [-0.25, -0.2) is 0 Å². The number of nitriles is 2. The number of non-ortho nitro benzene ring substituents is 1. The van der Waals surface area contributed by atoms with E-state index in [1.165, 1.54) is 70.7 Å². The molecule has 0 aromatic heterocycles. The van der Waals surface area contributed by atoms with Crippen molar-refractivity contribution in [2.45, 2.75) is 0 Å². The summed E-state index contributed by atoms with van der Waals surface area (Å²) in [6.45, 7) is 0. The van der Waals surface area contributed by atoms with Crippen molar-refractivity contribution < 1.29 is 4.92 Å². The zero-order valence-electron chi connectivity index (χ0n) is 71.9. The van der Waals surface area contributed by atoms with Crippen LogP contribution in [0.2, 0.25) is 0 Å². The van der Waals surface area contributed by atoms with Crippen LogP contribution in [0, 0.1) is 32.8 Å². The summed E-state index contributed by atoms with van der Waals surface area (Å²) in [5.74, 6) is 0. The van der Waals surface area contributed by atoms with Gasteiger partial charge in [0.1, 0.15) is 0 Å². The Hall–Kier alpha value is -17.6. The standard InChI is InChI=1S/2C40H29N3.C39H29N3O2/c1-42(36-14-6-9-29(27-36)28-41)34-23-19-30(20-24-34)31-21-25-35(26-22-31)43(39-17-7-12-32-10-2-4-15-37(32)39)40-18-8-13-33-11-3-5-16-38(33)40;1-42(34-22-16-29(28-41)17-23-34)35-24-18-30(19-25-35)31-20-26-36(27-21-31)43(39-14-6-10-32-8-2-4-12-37(32)39)40-15-7-11-33-9-3-5-13-38(33)40;1-40(34-13-8-14-35(27-34)42(43)44)32-23-19-28(20-24-32)29-21-25-33(26-22-29)41(38-17-6-11-30-9-2-4-15-36(30)38)39-18-7-12-31-10-3-5-16-37(31)39/h2*2-27H,1H3;2-27H,1H3.